The number of benzene rings is 1. The summed E-state index contributed by atoms with van der Waals surface area (Å²) in [4.78, 5) is 12.3. The van der Waals surface area contributed by atoms with Gasteiger partial charge in [-0.05, 0) is 25.3 Å². The van der Waals surface area contributed by atoms with Gasteiger partial charge in [0, 0.05) is 25.2 Å². The lowest BCUT2D eigenvalue weighted by molar-refractivity contribution is -0.126. The van der Waals surface area contributed by atoms with Gasteiger partial charge in [-0.1, -0.05) is 24.3 Å². The highest BCUT2D eigenvalue weighted by atomic mass is 35.5. The van der Waals surface area contributed by atoms with Crippen molar-refractivity contribution in [1.82, 2.24) is 9.78 Å². The summed E-state index contributed by atoms with van der Waals surface area (Å²) in [7, 11) is 1.82. The van der Waals surface area contributed by atoms with Crippen LogP contribution in [0.15, 0.2) is 30.3 Å². The van der Waals surface area contributed by atoms with E-state index in [1.54, 1.807) is 4.68 Å². The molecule has 0 saturated carbocycles. The molecule has 0 bridgehead atoms. The van der Waals surface area contributed by atoms with Crippen LogP contribution in [0.2, 0.25) is 0 Å². The Morgan fingerprint density at radius 2 is 2.17 bits per heavy atom. The average molecular weight is 351 g/mol. The predicted molar refractivity (Wildman–Crippen MR) is 96.2 cm³/mol. The Morgan fingerprint density at radius 1 is 1.42 bits per heavy atom. The van der Waals surface area contributed by atoms with Crippen LogP contribution >= 0.6 is 12.4 Å². The molecular weight excluding hydrogens is 328 g/mol. The number of nitrogens with zero attached hydrogens (tertiary/aromatic N) is 2. The monoisotopic (exact) mass is 350 g/mol. The Kier molecular flexibility index (Phi) is 5.99. The van der Waals surface area contributed by atoms with Crippen molar-refractivity contribution in [1.29, 1.82) is 0 Å². The van der Waals surface area contributed by atoms with E-state index < -0.39 is 6.10 Å². The molecule has 1 fully saturated rings. The second kappa shape index (κ2) is 7.79. The van der Waals surface area contributed by atoms with Crippen molar-refractivity contribution in [2.45, 2.75) is 32.0 Å². The number of halogens is 1. The molecule has 2 aromatic rings. The molecule has 24 heavy (non-hydrogen) atoms. The van der Waals surface area contributed by atoms with Gasteiger partial charge >= 0.3 is 0 Å². The van der Waals surface area contributed by atoms with E-state index in [9.17, 15) is 4.79 Å². The van der Waals surface area contributed by atoms with Crippen molar-refractivity contribution >= 4 is 24.1 Å². The van der Waals surface area contributed by atoms with Crippen molar-refractivity contribution in [3.8, 4) is 11.3 Å². The highest BCUT2D eigenvalue weighted by Crippen LogP contribution is 2.25. The van der Waals surface area contributed by atoms with Crippen molar-refractivity contribution in [3.05, 3.63) is 35.9 Å². The van der Waals surface area contributed by atoms with Crippen LogP contribution in [0.1, 0.15) is 18.4 Å². The van der Waals surface area contributed by atoms with Crippen molar-refractivity contribution < 1.29 is 9.53 Å². The summed E-state index contributed by atoms with van der Waals surface area (Å²) in [5.74, 6) is 0.522. The lowest BCUT2D eigenvalue weighted by atomic mass is 10.1. The Morgan fingerprint density at radius 3 is 2.83 bits per heavy atom. The third-order valence-electron chi connectivity index (χ3n) is 4.21. The zero-order valence-corrected chi connectivity index (χ0v) is 14.7. The predicted octanol–water partition coefficient (Wildman–Crippen LogP) is 2.26. The fourth-order valence-corrected chi connectivity index (χ4v) is 2.85. The summed E-state index contributed by atoms with van der Waals surface area (Å²) < 4.78 is 7.30. The fourth-order valence-electron chi connectivity index (χ4n) is 2.85. The maximum Gasteiger partial charge on any atom is 0.254 e. The molecule has 1 amide bonds. The molecule has 2 heterocycles. The van der Waals surface area contributed by atoms with Crippen LogP contribution in [0, 0.1) is 6.92 Å². The molecule has 2 atom stereocenters. The first kappa shape index (κ1) is 18.4. The zero-order chi connectivity index (χ0) is 16.4. The van der Waals surface area contributed by atoms with Gasteiger partial charge in [-0.15, -0.1) is 12.4 Å². The first-order chi connectivity index (χ1) is 11.1. The van der Waals surface area contributed by atoms with E-state index in [1.807, 2.05) is 44.3 Å². The third-order valence-corrected chi connectivity index (χ3v) is 4.21. The number of carbonyl (C=O) groups excluding carboxylic acids is 1. The van der Waals surface area contributed by atoms with Crippen molar-refractivity contribution in [2.75, 3.05) is 11.9 Å². The Labute approximate surface area is 147 Å². The van der Waals surface area contributed by atoms with Gasteiger partial charge in [0.05, 0.1) is 11.8 Å². The van der Waals surface area contributed by atoms with Crippen LogP contribution in [0.5, 0.6) is 0 Å². The summed E-state index contributed by atoms with van der Waals surface area (Å²) in [6, 6.07) is 9.93. The molecule has 1 aromatic heterocycles. The smallest absolute Gasteiger partial charge is 0.254 e. The standard InChI is InChI=1S/C17H22N4O2.ClH/c1-11-5-3-4-6-13(11)14-9-16(21(2)20-14)19-17(22)15-8-7-12(10-18)23-15;/h3-6,9,12,15H,7-8,10,18H2,1-2H3,(H,19,22);1H/t12-,15+;/m1./s1. The van der Waals surface area contributed by atoms with Crippen LogP contribution in [-0.2, 0) is 16.6 Å². The van der Waals surface area contributed by atoms with Crippen LogP contribution in [-0.4, -0.2) is 34.4 Å². The summed E-state index contributed by atoms with van der Waals surface area (Å²) in [6.07, 6.45) is 1.09. The minimum Gasteiger partial charge on any atom is -0.364 e. The number of rotatable bonds is 4. The van der Waals surface area contributed by atoms with E-state index in [4.69, 9.17) is 10.5 Å². The van der Waals surface area contributed by atoms with Gasteiger partial charge in [0.15, 0.2) is 0 Å². The van der Waals surface area contributed by atoms with E-state index in [2.05, 4.69) is 10.4 Å². The number of hydrogen-bond donors (Lipinski definition) is 2. The normalized spacial score (nSPS) is 19.8. The highest BCUT2D eigenvalue weighted by Gasteiger charge is 2.30. The number of carbonyl (C=O) groups is 1. The number of hydrogen-bond acceptors (Lipinski definition) is 4. The minimum atomic E-state index is -0.430. The lowest BCUT2D eigenvalue weighted by Gasteiger charge is -2.12. The second-order valence-corrected chi connectivity index (χ2v) is 5.90. The van der Waals surface area contributed by atoms with Gasteiger partial charge < -0.3 is 15.8 Å². The Hall–Kier alpha value is -1.89. The molecule has 0 radical (unpaired) electrons. The fraction of sp³-hybridized carbons (Fsp3) is 0.412. The maximum atomic E-state index is 12.3. The molecule has 1 aromatic carbocycles. The van der Waals surface area contributed by atoms with Crippen LogP contribution < -0.4 is 11.1 Å². The molecule has 1 saturated heterocycles. The van der Waals surface area contributed by atoms with E-state index in [0.717, 1.165) is 23.2 Å². The molecule has 130 valence electrons. The molecule has 7 heteroatoms. The number of nitrogens with one attached hydrogen (secondary N) is 1. The second-order valence-electron chi connectivity index (χ2n) is 5.90. The summed E-state index contributed by atoms with van der Waals surface area (Å²) in [6.45, 7) is 2.49. The first-order valence-corrected chi connectivity index (χ1v) is 7.85. The molecule has 0 aliphatic carbocycles. The number of amides is 1. The van der Waals surface area contributed by atoms with Gasteiger partial charge in [0.1, 0.15) is 11.9 Å². The molecule has 3 rings (SSSR count). The van der Waals surface area contributed by atoms with Gasteiger partial charge in [-0.3, -0.25) is 9.48 Å². The van der Waals surface area contributed by atoms with Gasteiger partial charge in [-0.2, -0.15) is 5.10 Å². The summed E-state index contributed by atoms with van der Waals surface area (Å²) in [5, 5.41) is 7.40. The Balaban J connectivity index is 0.00000208. The molecule has 1 aliphatic heterocycles. The SMILES string of the molecule is Cc1ccccc1-c1cc(NC(=O)[C@@H]2CC[C@H](CN)O2)n(C)n1.Cl. The third kappa shape index (κ3) is 3.77. The quantitative estimate of drug-likeness (QED) is 0.886. The van der Waals surface area contributed by atoms with E-state index in [-0.39, 0.29) is 24.4 Å². The first-order valence-electron chi connectivity index (χ1n) is 7.85. The molecule has 3 N–H and O–H groups in total. The number of anilines is 1. The number of nitrogens with two attached hydrogens (primary N) is 1. The molecular formula is C17H23ClN4O2. The van der Waals surface area contributed by atoms with Crippen LogP contribution in [0.4, 0.5) is 5.82 Å². The Bertz CT molecular complexity index is 716. The van der Waals surface area contributed by atoms with Gasteiger partial charge in [0.2, 0.25) is 0 Å². The van der Waals surface area contributed by atoms with Crippen molar-refractivity contribution in [3.63, 3.8) is 0 Å². The largest absolute Gasteiger partial charge is 0.364 e. The average Bonchev–Trinajstić information content (AvgIpc) is 3.15. The van der Waals surface area contributed by atoms with E-state index in [1.165, 1.54) is 0 Å². The molecule has 1 aliphatic rings. The minimum absolute atomic E-state index is 0. The number of aryl methyl sites for hydroxylation is 2. The van der Waals surface area contributed by atoms with Gasteiger partial charge in [0.25, 0.3) is 5.91 Å². The number of aromatic nitrogens is 2. The highest BCUT2D eigenvalue weighted by molar-refractivity contribution is 5.94. The molecule has 0 unspecified atom stereocenters. The zero-order valence-electron chi connectivity index (χ0n) is 13.9. The molecule has 0 spiro atoms. The van der Waals surface area contributed by atoms with Crippen LogP contribution in [0.25, 0.3) is 11.3 Å². The molecule has 6 nitrogen and oxygen atoms in total. The topological polar surface area (TPSA) is 82.2 Å². The number of ether oxygens (including phenoxy) is 1. The van der Waals surface area contributed by atoms with Crippen LogP contribution in [0.3, 0.4) is 0 Å². The lowest BCUT2D eigenvalue weighted by Crippen LogP contribution is -2.30. The maximum absolute atomic E-state index is 12.3. The summed E-state index contributed by atoms with van der Waals surface area (Å²) in [5.41, 5.74) is 8.63. The van der Waals surface area contributed by atoms with Crippen molar-refractivity contribution in [2.24, 2.45) is 12.8 Å². The van der Waals surface area contributed by atoms with E-state index >= 15 is 0 Å². The van der Waals surface area contributed by atoms with E-state index in [0.29, 0.717) is 18.8 Å². The van der Waals surface area contributed by atoms with Gasteiger partial charge in [-0.25, -0.2) is 0 Å². The summed E-state index contributed by atoms with van der Waals surface area (Å²) >= 11 is 0.